The van der Waals surface area contributed by atoms with Crippen LogP contribution in [-0.4, -0.2) is 34.1 Å². The highest BCUT2D eigenvalue weighted by Crippen LogP contribution is 2.36. The zero-order chi connectivity index (χ0) is 22.8. The van der Waals surface area contributed by atoms with Crippen molar-refractivity contribution in [2.24, 2.45) is 0 Å². The summed E-state index contributed by atoms with van der Waals surface area (Å²) in [6.45, 7) is 2.45. The Labute approximate surface area is 188 Å². The summed E-state index contributed by atoms with van der Waals surface area (Å²) in [6, 6.07) is 18.5. The number of nitrogens with one attached hydrogen (secondary N) is 1. The van der Waals surface area contributed by atoms with Gasteiger partial charge >= 0.3 is 6.01 Å². The number of halogens is 1. The summed E-state index contributed by atoms with van der Waals surface area (Å²) in [4.78, 5) is 16.9. The number of amides is 1. The van der Waals surface area contributed by atoms with Crippen LogP contribution in [-0.2, 0) is 0 Å². The van der Waals surface area contributed by atoms with Gasteiger partial charge in [0.15, 0.2) is 17.3 Å². The van der Waals surface area contributed by atoms with E-state index >= 15 is 0 Å². The lowest BCUT2D eigenvalue weighted by Crippen LogP contribution is -2.13. The first-order valence-corrected chi connectivity index (χ1v) is 10.3. The second-order valence-corrected chi connectivity index (χ2v) is 7.11. The summed E-state index contributed by atoms with van der Waals surface area (Å²) in [6.07, 6.45) is 0. The van der Waals surface area contributed by atoms with Crippen molar-refractivity contribution in [1.29, 1.82) is 0 Å². The average Bonchev–Trinajstić information content (AvgIpc) is 3.46. The van der Waals surface area contributed by atoms with E-state index < -0.39 is 11.7 Å². The highest BCUT2D eigenvalue weighted by atomic mass is 19.1. The Hall–Kier alpha value is -4.40. The van der Waals surface area contributed by atoms with Crippen molar-refractivity contribution in [3.05, 3.63) is 78.1 Å². The number of carbonyl (C=O) groups excluding carboxylic acids is 1. The molecule has 1 aliphatic heterocycles. The molecule has 0 bridgehead atoms. The van der Waals surface area contributed by atoms with Crippen LogP contribution in [0.5, 0.6) is 17.5 Å². The van der Waals surface area contributed by atoms with Crippen LogP contribution in [0.2, 0.25) is 0 Å². The molecule has 166 valence electrons. The molecule has 0 unspecified atom stereocenters. The van der Waals surface area contributed by atoms with Crippen molar-refractivity contribution < 1.29 is 23.4 Å². The molecule has 0 saturated carbocycles. The monoisotopic (exact) mass is 446 g/mol. The number of hydrogen-bond donors (Lipinski definition) is 1. The van der Waals surface area contributed by atoms with Crippen LogP contribution in [0, 0.1) is 5.82 Å². The van der Waals surface area contributed by atoms with E-state index in [1.165, 1.54) is 18.2 Å². The van der Waals surface area contributed by atoms with Crippen LogP contribution < -0.4 is 19.5 Å². The van der Waals surface area contributed by atoms with E-state index in [0.717, 1.165) is 5.56 Å². The van der Waals surface area contributed by atoms with Crippen molar-refractivity contribution in [1.82, 2.24) is 14.8 Å². The molecular formula is C24H19FN4O4. The Kier molecular flexibility index (Phi) is 5.35. The van der Waals surface area contributed by atoms with Gasteiger partial charge in [0.05, 0.1) is 17.9 Å². The first-order valence-electron chi connectivity index (χ1n) is 10.3. The molecule has 9 heteroatoms. The van der Waals surface area contributed by atoms with Gasteiger partial charge in [-0.2, -0.15) is 4.98 Å². The van der Waals surface area contributed by atoms with E-state index in [0.29, 0.717) is 35.3 Å². The van der Waals surface area contributed by atoms with Gasteiger partial charge in [0.25, 0.3) is 5.91 Å². The molecule has 1 amide bonds. The summed E-state index contributed by atoms with van der Waals surface area (Å²) < 4.78 is 31.9. The zero-order valence-corrected chi connectivity index (χ0v) is 17.6. The van der Waals surface area contributed by atoms with Crippen molar-refractivity contribution >= 4 is 11.6 Å². The molecule has 0 spiro atoms. The van der Waals surface area contributed by atoms with Gasteiger partial charge in [0.2, 0.25) is 6.79 Å². The normalized spacial score (nSPS) is 11.9. The maximum Gasteiger partial charge on any atom is 0.336 e. The molecule has 0 radical (unpaired) electrons. The van der Waals surface area contributed by atoms with E-state index in [1.807, 2.05) is 25.1 Å². The molecule has 3 aromatic carbocycles. The first-order chi connectivity index (χ1) is 16.1. The van der Waals surface area contributed by atoms with Crippen molar-refractivity contribution in [3.63, 3.8) is 0 Å². The van der Waals surface area contributed by atoms with Gasteiger partial charge < -0.3 is 19.5 Å². The number of carbonyl (C=O) groups is 1. The summed E-state index contributed by atoms with van der Waals surface area (Å²) in [7, 11) is 0. The molecule has 33 heavy (non-hydrogen) atoms. The lowest BCUT2D eigenvalue weighted by Gasteiger charge is -2.09. The number of aromatic nitrogens is 3. The topological polar surface area (TPSA) is 87.5 Å². The largest absolute Gasteiger partial charge is 0.463 e. The third kappa shape index (κ3) is 4.08. The molecule has 8 nitrogen and oxygen atoms in total. The molecule has 1 aromatic heterocycles. The predicted octanol–water partition coefficient (Wildman–Crippen LogP) is 4.45. The van der Waals surface area contributed by atoms with E-state index in [4.69, 9.17) is 14.2 Å². The Bertz CT molecular complexity index is 1320. The third-order valence-electron chi connectivity index (χ3n) is 4.98. The van der Waals surface area contributed by atoms with Crippen LogP contribution in [0.1, 0.15) is 17.3 Å². The molecule has 0 atom stereocenters. The quantitative estimate of drug-likeness (QED) is 0.471. The van der Waals surface area contributed by atoms with Crippen LogP contribution in [0.3, 0.4) is 0 Å². The van der Waals surface area contributed by atoms with Gasteiger partial charge in [0, 0.05) is 11.3 Å². The molecular weight excluding hydrogens is 427 g/mol. The Morgan fingerprint density at radius 3 is 2.67 bits per heavy atom. The number of hydrogen-bond acceptors (Lipinski definition) is 6. The standard InChI is InChI=1S/C24H19FN4O4/c1-2-31-24-27-22(15-7-12-20-21(13-15)33-14-32-20)29(28-24)17-10-8-16(9-11-17)26-23(30)18-5-3-4-6-19(18)25/h3-13H,2,14H2,1H3,(H,26,30). The van der Waals surface area contributed by atoms with Crippen molar-refractivity contribution in [2.75, 3.05) is 18.7 Å². The van der Waals surface area contributed by atoms with Crippen molar-refractivity contribution in [2.45, 2.75) is 6.92 Å². The number of nitrogens with zero attached hydrogens (tertiary/aromatic N) is 3. The number of benzene rings is 3. The predicted molar refractivity (Wildman–Crippen MR) is 118 cm³/mol. The SMILES string of the molecule is CCOc1nc(-c2ccc3c(c2)OCO3)n(-c2ccc(NC(=O)c3ccccc3F)cc2)n1. The van der Waals surface area contributed by atoms with Gasteiger partial charge in [-0.1, -0.05) is 12.1 Å². The summed E-state index contributed by atoms with van der Waals surface area (Å²) in [5.41, 5.74) is 1.96. The molecule has 0 aliphatic carbocycles. The van der Waals surface area contributed by atoms with Crippen LogP contribution in [0.25, 0.3) is 17.1 Å². The fourth-order valence-corrected chi connectivity index (χ4v) is 3.42. The van der Waals surface area contributed by atoms with Crippen LogP contribution in [0.4, 0.5) is 10.1 Å². The molecule has 1 N–H and O–H groups in total. The number of rotatable bonds is 6. The lowest BCUT2D eigenvalue weighted by molar-refractivity contribution is 0.102. The first kappa shape index (κ1) is 20.5. The third-order valence-corrected chi connectivity index (χ3v) is 4.98. The molecule has 0 saturated heterocycles. The zero-order valence-electron chi connectivity index (χ0n) is 17.6. The molecule has 1 aliphatic rings. The minimum atomic E-state index is -0.578. The van der Waals surface area contributed by atoms with Crippen molar-refractivity contribution in [3.8, 4) is 34.6 Å². The second kappa shape index (κ2) is 8.62. The summed E-state index contributed by atoms with van der Waals surface area (Å²) in [5.74, 6) is 0.753. The Balaban J connectivity index is 1.44. The Morgan fingerprint density at radius 1 is 1.09 bits per heavy atom. The summed E-state index contributed by atoms with van der Waals surface area (Å²) in [5, 5.41) is 7.16. The smallest absolute Gasteiger partial charge is 0.336 e. The van der Waals surface area contributed by atoms with Crippen LogP contribution >= 0.6 is 0 Å². The van der Waals surface area contributed by atoms with E-state index in [9.17, 15) is 9.18 Å². The fourth-order valence-electron chi connectivity index (χ4n) is 3.42. The highest BCUT2D eigenvalue weighted by molar-refractivity contribution is 6.04. The summed E-state index contributed by atoms with van der Waals surface area (Å²) >= 11 is 0. The highest BCUT2D eigenvalue weighted by Gasteiger charge is 2.19. The Morgan fingerprint density at radius 2 is 1.88 bits per heavy atom. The maximum absolute atomic E-state index is 13.9. The minimum absolute atomic E-state index is 0.0238. The van der Waals surface area contributed by atoms with E-state index in [1.54, 1.807) is 35.0 Å². The number of anilines is 1. The van der Waals surface area contributed by atoms with Gasteiger partial charge in [-0.05, 0) is 61.5 Å². The second-order valence-electron chi connectivity index (χ2n) is 7.11. The number of fused-ring (bicyclic) bond motifs is 1. The number of ether oxygens (including phenoxy) is 3. The van der Waals surface area contributed by atoms with E-state index in [-0.39, 0.29) is 18.4 Å². The molecule has 4 aromatic rings. The molecule has 0 fully saturated rings. The van der Waals surface area contributed by atoms with Gasteiger partial charge in [0.1, 0.15) is 5.82 Å². The fraction of sp³-hybridized carbons (Fsp3) is 0.125. The van der Waals surface area contributed by atoms with Gasteiger partial charge in [-0.15, -0.1) is 5.10 Å². The molecule has 5 rings (SSSR count). The average molecular weight is 446 g/mol. The van der Waals surface area contributed by atoms with Crippen LogP contribution in [0.15, 0.2) is 66.7 Å². The van der Waals surface area contributed by atoms with E-state index in [2.05, 4.69) is 15.4 Å². The van der Waals surface area contributed by atoms with Gasteiger partial charge in [-0.3, -0.25) is 4.79 Å². The lowest BCUT2D eigenvalue weighted by atomic mass is 10.1. The van der Waals surface area contributed by atoms with Gasteiger partial charge in [-0.25, -0.2) is 9.07 Å². The molecule has 2 heterocycles. The maximum atomic E-state index is 13.9. The minimum Gasteiger partial charge on any atom is -0.463 e.